The topological polar surface area (TPSA) is 24.9 Å². The number of aromatic nitrogens is 1. The summed E-state index contributed by atoms with van der Waals surface area (Å²) in [6, 6.07) is 4.54. The van der Waals surface area contributed by atoms with Crippen LogP contribution in [-0.2, 0) is 0 Å². The van der Waals surface area contributed by atoms with Crippen LogP contribution < -0.4 is 5.32 Å². The average molecular weight is 218 g/mol. The summed E-state index contributed by atoms with van der Waals surface area (Å²) in [7, 11) is 0. The van der Waals surface area contributed by atoms with E-state index in [1.165, 1.54) is 5.56 Å². The van der Waals surface area contributed by atoms with Crippen LogP contribution >= 0.6 is 0 Å². The number of hydrogen-bond acceptors (Lipinski definition) is 2. The summed E-state index contributed by atoms with van der Waals surface area (Å²) in [5.41, 5.74) is 1.28. The fourth-order valence-electron chi connectivity index (χ4n) is 1.79. The monoisotopic (exact) mass is 218 g/mol. The molecule has 0 saturated carbocycles. The molecule has 0 saturated heterocycles. The van der Waals surface area contributed by atoms with Gasteiger partial charge in [-0.1, -0.05) is 32.1 Å². The summed E-state index contributed by atoms with van der Waals surface area (Å²) < 4.78 is 0. The van der Waals surface area contributed by atoms with Gasteiger partial charge in [-0.3, -0.25) is 4.98 Å². The predicted molar refractivity (Wildman–Crippen MR) is 69.2 cm³/mol. The van der Waals surface area contributed by atoms with E-state index in [1.54, 1.807) is 0 Å². The molecule has 1 N–H and O–H groups in total. The van der Waals surface area contributed by atoms with Gasteiger partial charge in [0.15, 0.2) is 0 Å². The van der Waals surface area contributed by atoms with Crippen molar-refractivity contribution in [2.45, 2.75) is 33.2 Å². The van der Waals surface area contributed by atoms with Crippen molar-refractivity contribution in [1.29, 1.82) is 0 Å². The molecule has 2 heteroatoms. The van der Waals surface area contributed by atoms with Gasteiger partial charge in [0.05, 0.1) is 0 Å². The van der Waals surface area contributed by atoms with Gasteiger partial charge in [0.1, 0.15) is 0 Å². The van der Waals surface area contributed by atoms with E-state index in [0.29, 0.717) is 12.0 Å². The normalized spacial score (nSPS) is 13.5. The molecular weight excluding hydrogens is 196 g/mol. The van der Waals surface area contributed by atoms with Crippen LogP contribution in [0.5, 0.6) is 0 Å². The number of pyridine rings is 1. The molecule has 1 unspecified atom stereocenters. The van der Waals surface area contributed by atoms with Crippen molar-refractivity contribution in [3.05, 3.63) is 42.2 Å². The van der Waals surface area contributed by atoms with Gasteiger partial charge in [0.25, 0.3) is 0 Å². The summed E-state index contributed by atoms with van der Waals surface area (Å²) in [5, 5.41) is 3.58. The quantitative estimate of drug-likeness (QED) is 0.585. The van der Waals surface area contributed by atoms with Crippen molar-refractivity contribution >= 4 is 0 Å². The molecule has 0 aliphatic heterocycles. The molecule has 1 aromatic rings. The molecule has 0 aliphatic rings. The maximum atomic E-state index is 4.18. The minimum Gasteiger partial charge on any atom is -0.309 e. The predicted octanol–water partition coefficient (Wildman–Crippen LogP) is 3.33. The molecular formula is C14H22N2. The first kappa shape index (κ1) is 12.9. The van der Waals surface area contributed by atoms with Crippen molar-refractivity contribution in [2.24, 2.45) is 5.92 Å². The number of allylic oxidation sites excluding steroid dienone is 1. The fourth-order valence-corrected chi connectivity index (χ4v) is 1.79. The van der Waals surface area contributed by atoms with Crippen molar-refractivity contribution in [3.63, 3.8) is 0 Å². The van der Waals surface area contributed by atoms with Gasteiger partial charge < -0.3 is 5.32 Å². The summed E-state index contributed by atoms with van der Waals surface area (Å²) >= 11 is 0. The fraction of sp³-hybridized carbons (Fsp3) is 0.500. The third kappa shape index (κ3) is 4.15. The maximum absolute atomic E-state index is 4.18. The highest BCUT2D eigenvalue weighted by Crippen LogP contribution is 2.20. The van der Waals surface area contributed by atoms with Crippen molar-refractivity contribution in [3.8, 4) is 0 Å². The Morgan fingerprint density at radius 2 is 2.25 bits per heavy atom. The lowest BCUT2D eigenvalue weighted by atomic mass is 9.97. The van der Waals surface area contributed by atoms with Gasteiger partial charge in [-0.25, -0.2) is 0 Å². The largest absolute Gasteiger partial charge is 0.309 e. The smallest absolute Gasteiger partial charge is 0.0358 e. The van der Waals surface area contributed by atoms with E-state index in [1.807, 2.05) is 18.5 Å². The Labute approximate surface area is 98.8 Å². The zero-order chi connectivity index (χ0) is 11.8. The second-order valence-corrected chi connectivity index (χ2v) is 4.32. The van der Waals surface area contributed by atoms with Crippen LogP contribution in [0.3, 0.4) is 0 Å². The summed E-state index contributed by atoms with van der Waals surface area (Å²) in [6.07, 6.45) is 9.14. The van der Waals surface area contributed by atoms with Gasteiger partial charge in [-0.2, -0.15) is 0 Å². The van der Waals surface area contributed by atoms with Crippen LogP contribution in [-0.4, -0.2) is 11.5 Å². The molecule has 0 spiro atoms. The molecule has 0 amide bonds. The number of nitrogens with zero attached hydrogens (tertiary/aromatic N) is 1. The Bertz CT molecular complexity index is 304. The van der Waals surface area contributed by atoms with E-state index in [4.69, 9.17) is 0 Å². The van der Waals surface area contributed by atoms with Crippen molar-refractivity contribution in [1.82, 2.24) is 10.3 Å². The average Bonchev–Trinajstić information content (AvgIpc) is 2.30. The Kier molecular flexibility index (Phi) is 5.79. The molecule has 2 nitrogen and oxygen atoms in total. The first-order valence-corrected chi connectivity index (χ1v) is 6.00. The standard InChI is InChI=1S/C14H22N2/c1-4-5-6-10-16-14(12(2)3)13-8-7-9-15-11-13/h4-5,7-9,11-12,14,16H,6,10H2,1-3H3. The van der Waals surface area contributed by atoms with E-state index in [2.05, 4.69) is 49.3 Å². The van der Waals surface area contributed by atoms with Gasteiger partial charge in [0.2, 0.25) is 0 Å². The van der Waals surface area contributed by atoms with E-state index in [9.17, 15) is 0 Å². The third-order valence-electron chi connectivity index (χ3n) is 2.62. The second-order valence-electron chi connectivity index (χ2n) is 4.32. The summed E-state index contributed by atoms with van der Waals surface area (Å²) in [5.74, 6) is 0.579. The lowest BCUT2D eigenvalue weighted by molar-refractivity contribution is 0.415. The Hall–Kier alpha value is -1.15. The molecule has 1 heterocycles. The van der Waals surface area contributed by atoms with Gasteiger partial charge in [0, 0.05) is 18.4 Å². The van der Waals surface area contributed by atoms with Crippen molar-refractivity contribution in [2.75, 3.05) is 6.54 Å². The molecule has 0 radical (unpaired) electrons. The third-order valence-corrected chi connectivity index (χ3v) is 2.62. The van der Waals surface area contributed by atoms with Crippen LogP contribution in [0.15, 0.2) is 36.7 Å². The zero-order valence-electron chi connectivity index (χ0n) is 10.5. The van der Waals surface area contributed by atoms with Crippen LogP contribution in [0.2, 0.25) is 0 Å². The molecule has 16 heavy (non-hydrogen) atoms. The summed E-state index contributed by atoms with van der Waals surface area (Å²) in [6.45, 7) is 7.55. The zero-order valence-corrected chi connectivity index (χ0v) is 10.5. The van der Waals surface area contributed by atoms with E-state index < -0.39 is 0 Å². The molecule has 0 aliphatic carbocycles. The first-order valence-electron chi connectivity index (χ1n) is 6.00. The van der Waals surface area contributed by atoms with E-state index in [0.717, 1.165) is 13.0 Å². The molecule has 0 fully saturated rings. The van der Waals surface area contributed by atoms with Crippen LogP contribution in [0.1, 0.15) is 38.8 Å². The Morgan fingerprint density at radius 3 is 2.81 bits per heavy atom. The van der Waals surface area contributed by atoms with Crippen LogP contribution in [0.25, 0.3) is 0 Å². The Morgan fingerprint density at radius 1 is 1.44 bits per heavy atom. The molecule has 0 aromatic carbocycles. The minimum absolute atomic E-state index is 0.402. The minimum atomic E-state index is 0.402. The van der Waals surface area contributed by atoms with Crippen LogP contribution in [0, 0.1) is 5.92 Å². The first-order chi connectivity index (χ1) is 7.75. The van der Waals surface area contributed by atoms with Crippen molar-refractivity contribution < 1.29 is 0 Å². The maximum Gasteiger partial charge on any atom is 0.0358 e. The lowest BCUT2D eigenvalue weighted by Gasteiger charge is -2.22. The second kappa shape index (κ2) is 7.18. The van der Waals surface area contributed by atoms with E-state index >= 15 is 0 Å². The lowest BCUT2D eigenvalue weighted by Crippen LogP contribution is -2.26. The highest BCUT2D eigenvalue weighted by atomic mass is 14.9. The number of nitrogens with one attached hydrogen (secondary N) is 1. The van der Waals surface area contributed by atoms with Gasteiger partial charge in [-0.05, 0) is 37.4 Å². The van der Waals surface area contributed by atoms with Crippen LogP contribution in [0.4, 0.5) is 0 Å². The number of hydrogen-bond donors (Lipinski definition) is 1. The van der Waals surface area contributed by atoms with Gasteiger partial charge >= 0.3 is 0 Å². The molecule has 1 atom stereocenters. The van der Waals surface area contributed by atoms with E-state index in [-0.39, 0.29) is 0 Å². The molecule has 88 valence electrons. The SMILES string of the molecule is CC=CCCNC(c1cccnc1)C(C)C. The number of rotatable bonds is 6. The molecule has 1 aromatic heterocycles. The highest BCUT2D eigenvalue weighted by Gasteiger charge is 2.14. The Balaban J connectivity index is 2.55. The molecule has 1 rings (SSSR count). The molecule has 0 bridgehead atoms. The summed E-state index contributed by atoms with van der Waals surface area (Å²) in [4.78, 5) is 4.18. The highest BCUT2D eigenvalue weighted by molar-refractivity contribution is 5.14. The van der Waals surface area contributed by atoms with Gasteiger partial charge in [-0.15, -0.1) is 0 Å².